The molecule has 3 aromatic carbocycles. The summed E-state index contributed by atoms with van der Waals surface area (Å²) in [6, 6.07) is 20.2. The van der Waals surface area contributed by atoms with Crippen molar-refractivity contribution >= 4 is 38.9 Å². The third-order valence-electron chi connectivity index (χ3n) is 4.92. The zero-order valence-corrected chi connectivity index (χ0v) is 17.2. The molecule has 0 saturated heterocycles. The second-order valence-corrected chi connectivity index (χ2v) is 9.17. The Morgan fingerprint density at radius 3 is 2.45 bits per heavy atom. The van der Waals surface area contributed by atoms with Gasteiger partial charge in [-0.15, -0.1) is 0 Å². The van der Waals surface area contributed by atoms with Crippen LogP contribution in [-0.4, -0.2) is 20.4 Å². The van der Waals surface area contributed by atoms with Gasteiger partial charge in [0.1, 0.15) is 0 Å². The summed E-state index contributed by atoms with van der Waals surface area (Å²) in [6.45, 7) is 1.87. The first kappa shape index (κ1) is 19.5. The van der Waals surface area contributed by atoms with Crippen molar-refractivity contribution in [1.29, 1.82) is 0 Å². The van der Waals surface area contributed by atoms with Crippen LogP contribution in [0.5, 0.6) is 0 Å². The molecule has 7 heteroatoms. The fraction of sp³-hybridized carbons (Fsp3) is 0.136. The number of hydrogen-bond acceptors (Lipinski definition) is 3. The Kier molecular flexibility index (Phi) is 5.06. The van der Waals surface area contributed by atoms with Gasteiger partial charge in [-0.1, -0.05) is 41.9 Å². The SMILES string of the molecule is C[C@H]1Cc2cc(C(=O)Nc3ccccc3Cl)ccc2N1S(=O)(=O)c1ccccc1. The third-order valence-corrected chi connectivity index (χ3v) is 7.19. The van der Waals surface area contributed by atoms with Crippen LogP contribution in [0.2, 0.25) is 5.02 Å². The molecule has 4 rings (SSSR count). The van der Waals surface area contributed by atoms with E-state index >= 15 is 0 Å². The summed E-state index contributed by atoms with van der Waals surface area (Å²) in [5.74, 6) is -0.294. The summed E-state index contributed by atoms with van der Waals surface area (Å²) in [5, 5.41) is 3.25. The molecule has 0 saturated carbocycles. The van der Waals surface area contributed by atoms with E-state index in [-0.39, 0.29) is 16.8 Å². The van der Waals surface area contributed by atoms with Crippen molar-refractivity contribution in [3.63, 3.8) is 0 Å². The second-order valence-electron chi connectivity index (χ2n) is 6.94. The van der Waals surface area contributed by atoms with Crippen LogP contribution in [0.3, 0.4) is 0 Å². The van der Waals surface area contributed by atoms with E-state index in [0.29, 0.717) is 28.4 Å². The van der Waals surface area contributed by atoms with Crippen LogP contribution in [0, 0.1) is 0 Å². The largest absolute Gasteiger partial charge is 0.321 e. The van der Waals surface area contributed by atoms with Gasteiger partial charge >= 0.3 is 0 Å². The van der Waals surface area contributed by atoms with Gasteiger partial charge in [0.05, 0.1) is 21.3 Å². The van der Waals surface area contributed by atoms with Crippen molar-refractivity contribution in [3.05, 3.63) is 88.9 Å². The van der Waals surface area contributed by atoms with Gasteiger partial charge in [-0.3, -0.25) is 9.10 Å². The van der Waals surface area contributed by atoms with Crippen LogP contribution < -0.4 is 9.62 Å². The van der Waals surface area contributed by atoms with Crippen molar-refractivity contribution in [2.45, 2.75) is 24.3 Å². The van der Waals surface area contributed by atoms with Crippen molar-refractivity contribution in [2.24, 2.45) is 0 Å². The number of nitrogens with one attached hydrogen (secondary N) is 1. The number of carbonyl (C=O) groups excluding carboxylic acids is 1. The average molecular weight is 427 g/mol. The van der Waals surface area contributed by atoms with Crippen LogP contribution in [0.25, 0.3) is 0 Å². The molecular weight excluding hydrogens is 408 g/mol. The van der Waals surface area contributed by atoms with Gasteiger partial charge in [0.15, 0.2) is 0 Å². The van der Waals surface area contributed by atoms with E-state index in [1.54, 1.807) is 72.8 Å². The molecule has 0 aliphatic carbocycles. The number of hydrogen-bond donors (Lipinski definition) is 1. The van der Waals surface area contributed by atoms with E-state index in [9.17, 15) is 13.2 Å². The standard InChI is InChI=1S/C22H19ClN2O3S/c1-15-13-17-14-16(22(26)24-20-10-6-5-9-19(20)23)11-12-21(17)25(15)29(27,28)18-7-3-2-4-8-18/h2-12,14-15H,13H2,1H3,(H,24,26)/t15-/m0/s1. The maximum atomic E-state index is 13.1. The minimum absolute atomic E-state index is 0.239. The highest BCUT2D eigenvalue weighted by atomic mass is 35.5. The number of nitrogens with zero attached hydrogens (tertiary/aromatic N) is 1. The van der Waals surface area contributed by atoms with E-state index in [4.69, 9.17) is 11.6 Å². The fourth-order valence-corrected chi connectivity index (χ4v) is 5.47. The monoisotopic (exact) mass is 426 g/mol. The summed E-state index contributed by atoms with van der Waals surface area (Å²) in [5.41, 5.74) is 2.41. The molecule has 29 heavy (non-hydrogen) atoms. The Balaban J connectivity index is 1.65. The van der Waals surface area contributed by atoms with E-state index < -0.39 is 10.0 Å². The Morgan fingerprint density at radius 1 is 1.03 bits per heavy atom. The Bertz CT molecular complexity index is 1180. The van der Waals surface area contributed by atoms with Crippen LogP contribution >= 0.6 is 11.6 Å². The maximum absolute atomic E-state index is 13.1. The molecular formula is C22H19ClN2O3S. The van der Waals surface area contributed by atoms with Gasteiger partial charge in [0, 0.05) is 11.6 Å². The topological polar surface area (TPSA) is 66.5 Å². The minimum atomic E-state index is -3.67. The van der Waals surface area contributed by atoms with Gasteiger partial charge in [-0.2, -0.15) is 0 Å². The predicted octanol–water partition coefficient (Wildman–Crippen LogP) is 4.73. The first-order valence-corrected chi connectivity index (χ1v) is 11.0. The molecule has 0 unspecified atom stereocenters. The van der Waals surface area contributed by atoms with Gasteiger partial charge < -0.3 is 5.32 Å². The first-order chi connectivity index (χ1) is 13.9. The fourth-order valence-electron chi connectivity index (χ4n) is 3.57. The lowest BCUT2D eigenvalue weighted by atomic mass is 10.1. The highest BCUT2D eigenvalue weighted by Crippen LogP contribution is 2.37. The molecule has 3 aromatic rings. The summed E-state index contributed by atoms with van der Waals surface area (Å²) < 4.78 is 27.7. The lowest BCUT2D eigenvalue weighted by Gasteiger charge is -2.24. The first-order valence-electron chi connectivity index (χ1n) is 9.16. The minimum Gasteiger partial charge on any atom is -0.321 e. The Hall–Kier alpha value is -2.83. The number of benzene rings is 3. The number of anilines is 2. The number of fused-ring (bicyclic) bond motifs is 1. The zero-order valence-electron chi connectivity index (χ0n) is 15.7. The molecule has 1 aliphatic rings. The summed E-state index contributed by atoms with van der Waals surface area (Å²) in [4.78, 5) is 12.9. The molecule has 0 aromatic heterocycles. The van der Waals surface area contributed by atoms with Crippen LogP contribution in [0.15, 0.2) is 77.7 Å². The van der Waals surface area contributed by atoms with Crippen molar-refractivity contribution in [3.8, 4) is 0 Å². The highest BCUT2D eigenvalue weighted by Gasteiger charge is 2.36. The molecule has 0 spiro atoms. The molecule has 0 fully saturated rings. The molecule has 1 N–H and O–H groups in total. The third kappa shape index (κ3) is 3.61. The lowest BCUT2D eigenvalue weighted by Crippen LogP contribution is -2.35. The van der Waals surface area contributed by atoms with E-state index in [1.807, 2.05) is 6.92 Å². The average Bonchev–Trinajstić information content (AvgIpc) is 3.06. The molecule has 0 bridgehead atoms. The maximum Gasteiger partial charge on any atom is 0.264 e. The zero-order chi connectivity index (χ0) is 20.6. The number of sulfonamides is 1. The summed E-state index contributed by atoms with van der Waals surface area (Å²) >= 11 is 6.11. The van der Waals surface area contributed by atoms with Crippen molar-refractivity contribution < 1.29 is 13.2 Å². The van der Waals surface area contributed by atoms with Crippen molar-refractivity contribution in [1.82, 2.24) is 0 Å². The number of carbonyl (C=O) groups is 1. The number of para-hydroxylation sites is 1. The van der Waals surface area contributed by atoms with Crippen molar-refractivity contribution in [2.75, 3.05) is 9.62 Å². The van der Waals surface area contributed by atoms with Gasteiger partial charge in [0.2, 0.25) is 0 Å². The molecule has 1 atom stereocenters. The lowest BCUT2D eigenvalue weighted by molar-refractivity contribution is 0.102. The van der Waals surface area contributed by atoms with Crippen LogP contribution in [0.1, 0.15) is 22.8 Å². The highest BCUT2D eigenvalue weighted by molar-refractivity contribution is 7.92. The van der Waals surface area contributed by atoms with Gasteiger partial charge in [0.25, 0.3) is 15.9 Å². The smallest absolute Gasteiger partial charge is 0.264 e. The number of rotatable bonds is 4. The molecule has 1 amide bonds. The summed E-state index contributed by atoms with van der Waals surface area (Å²) in [7, 11) is -3.67. The van der Waals surface area contributed by atoms with E-state index in [2.05, 4.69) is 5.32 Å². The molecule has 1 aliphatic heterocycles. The Morgan fingerprint density at radius 2 is 1.72 bits per heavy atom. The quantitative estimate of drug-likeness (QED) is 0.655. The number of halogens is 1. The molecule has 1 heterocycles. The molecule has 0 radical (unpaired) electrons. The predicted molar refractivity (Wildman–Crippen MR) is 115 cm³/mol. The van der Waals surface area contributed by atoms with Crippen LogP contribution in [0.4, 0.5) is 11.4 Å². The second kappa shape index (κ2) is 7.54. The number of amides is 1. The van der Waals surface area contributed by atoms with E-state index in [1.165, 1.54) is 4.31 Å². The molecule has 5 nitrogen and oxygen atoms in total. The van der Waals surface area contributed by atoms with Gasteiger partial charge in [-0.05, 0) is 61.4 Å². The van der Waals surface area contributed by atoms with Gasteiger partial charge in [-0.25, -0.2) is 8.42 Å². The Labute approximate surface area is 175 Å². The van der Waals surface area contributed by atoms with E-state index in [0.717, 1.165) is 5.56 Å². The normalized spacial score (nSPS) is 15.8. The summed E-state index contributed by atoms with van der Waals surface area (Å²) in [6.07, 6.45) is 0.536. The van der Waals surface area contributed by atoms with Crippen LogP contribution in [-0.2, 0) is 16.4 Å². The molecule has 148 valence electrons.